The van der Waals surface area contributed by atoms with Gasteiger partial charge in [0.2, 0.25) is 0 Å². The van der Waals surface area contributed by atoms with Crippen LogP contribution in [0.15, 0.2) is 54.6 Å². The monoisotopic (exact) mass is 693 g/mol. The van der Waals surface area contributed by atoms with Crippen LogP contribution in [0.5, 0.6) is 5.75 Å². The molecule has 1 amide bonds. The number of fused-ring (bicyclic) bond motifs is 1. The summed E-state index contributed by atoms with van der Waals surface area (Å²) in [6, 6.07) is 19.0. The minimum Gasteiger partial charge on any atom is -0.479 e. The van der Waals surface area contributed by atoms with Crippen LogP contribution in [0.3, 0.4) is 0 Å². The maximum absolute atomic E-state index is 13.3. The van der Waals surface area contributed by atoms with E-state index in [0.717, 1.165) is 55.4 Å². The molecule has 10 nitrogen and oxygen atoms in total. The van der Waals surface area contributed by atoms with Gasteiger partial charge in [-0.25, -0.2) is 9.59 Å². The third kappa shape index (κ3) is 14.1. The number of carboxylic acids is 1. The molecule has 0 aliphatic rings. The number of hydrogen-bond donors (Lipinski definition) is 2. The standard InChI is InChI=1S/C40H55NO9/c1-28-23-31(24-29(2)35(28)49-27-46-6)16-9-7-13-21-41-38(43)36(37(39(44)45)48-26-34(42)50-40(3,4)5)47-22-14-8-10-15-30-19-20-32-17-11-12-18-33(32)25-30/h11-12,17-20,23-25,36-37H,7-10,13-16,21-22,26-27H2,1-6H3,(H,41,43)(H,44,45)/t36-,37-/m1/s1. The number of hydrogen-bond acceptors (Lipinski definition) is 8. The number of methoxy groups -OCH3 is 1. The SMILES string of the molecule is COCOc1c(C)cc(CCCCCNC(=O)[C@H](OCCCCCc2ccc3ccccc3c2)[C@@H](OCC(=O)OC(C)(C)C)C(=O)O)cc1C. The first kappa shape index (κ1) is 40.4. The fraction of sp³-hybridized carbons (Fsp3) is 0.525. The number of amides is 1. The molecule has 3 aromatic rings. The highest BCUT2D eigenvalue weighted by Crippen LogP contribution is 2.26. The molecule has 0 fully saturated rings. The van der Waals surface area contributed by atoms with Gasteiger partial charge in [0.05, 0.1) is 0 Å². The molecule has 2 atom stereocenters. The number of aliphatic carboxylic acids is 1. The van der Waals surface area contributed by atoms with Crippen LogP contribution in [0.1, 0.15) is 81.5 Å². The van der Waals surface area contributed by atoms with E-state index in [2.05, 4.69) is 47.8 Å². The van der Waals surface area contributed by atoms with Gasteiger partial charge in [0, 0.05) is 20.3 Å². The van der Waals surface area contributed by atoms with Crippen molar-refractivity contribution >= 4 is 28.6 Å². The first-order chi connectivity index (χ1) is 23.9. The molecule has 0 aromatic heterocycles. The minimum absolute atomic E-state index is 0.170. The zero-order chi connectivity index (χ0) is 36.5. The second kappa shape index (κ2) is 20.6. The molecule has 0 aliphatic carbocycles. The number of unbranched alkanes of at least 4 members (excludes halogenated alkanes) is 4. The van der Waals surface area contributed by atoms with Crippen molar-refractivity contribution in [3.8, 4) is 5.75 Å². The molecule has 0 aliphatic heterocycles. The Kier molecular flexibility index (Phi) is 16.7. The molecule has 0 unspecified atom stereocenters. The summed E-state index contributed by atoms with van der Waals surface area (Å²) in [6.45, 7) is 9.25. The Labute approximate surface area is 296 Å². The second-order valence-electron chi connectivity index (χ2n) is 13.7. The Bertz CT molecular complexity index is 1510. The van der Waals surface area contributed by atoms with Gasteiger partial charge in [-0.1, -0.05) is 67.4 Å². The van der Waals surface area contributed by atoms with E-state index >= 15 is 0 Å². The molecule has 0 saturated carbocycles. The summed E-state index contributed by atoms with van der Waals surface area (Å²) in [6.07, 6.45) is 3.54. The normalized spacial score (nSPS) is 12.8. The smallest absolute Gasteiger partial charge is 0.336 e. The molecule has 0 spiro atoms. The fourth-order valence-electron chi connectivity index (χ4n) is 5.80. The van der Waals surface area contributed by atoms with Gasteiger partial charge in [-0.05, 0) is 106 Å². The molecule has 0 radical (unpaired) electrons. The minimum atomic E-state index is -1.68. The molecule has 2 N–H and O–H groups in total. The first-order valence-corrected chi connectivity index (χ1v) is 17.5. The molecule has 0 heterocycles. The molecule has 274 valence electrons. The average Bonchev–Trinajstić information content (AvgIpc) is 3.05. The van der Waals surface area contributed by atoms with E-state index in [0.29, 0.717) is 19.4 Å². The quantitative estimate of drug-likeness (QED) is 0.0658. The van der Waals surface area contributed by atoms with Crippen molar-refractivity contribution in [2.24, 2.45) is 0 Å². The third-order valence-corrected chi connectivity index (χ3v) is 8.08. The number of aryl methyl sites for hydroxylation is 4. The lowest BCUT2D eigenvalue weighted by molar-refractivity contribution is -0.178. The number of carbonyl (C=O) groups is 3. The van der Waals surface area contributed by atoms with E-state index in [1.807, 2.05) is 26.0 Å². The zero-order valence-corrected chi connectivity index (χ0v) is 30.5. The highest BCUT2D eigenvalue weighted by molar-refractivity contribution is 5.88. The topological polar surface area (TPSA) is 130 Å². The molecule has 3 rings (SSSR count). The van der Waals surface area contributed by atoms with Gasteiger partial charge in [-0.15, -0.1) is 0 Å². The van der Waals surface area contributed by atoms with Crippen LogP contribution >= 0.6 is 0 Å². The number of ether oxygens (including phenoxy) is 5. The van der Waals surface area contributed by atoms with E-state index in [1.54, 1.807) is 27.9 Å². The summed E-state index contributed by atoms with van der Waals surface area (Å²) in [5, 5.41) is 15.2. The molecular formula is C40H55NO9. The zero-order valence-electron chi connectivity index (χ0n) is 30.5. The van der Waals surface area contributed by atoms with Crippen LogP contribution < -0.4 is 10.1 Å². The molecule has 0 bridgehead atoms. The van der Waals surface area contributed by atoms with E-state index in [4.69, 9.17) is 23.7 Å². The van der Waals surface area contributed by atoms with Crippen molar-refractivity contribution in [1.82, 2.24) is 5.32 Å². The second-order valence-corrected chi connectivity index (χ2v) is 13.7. The van der Waals surface area contributed by atoms with Gasteiger partial charge in [0.25, 0.3) is 5.91 Å². The van der Waals surface area contributed by atoms with Crippen LogP contribution in [0.25, 0.3) is 10.8 Å². The lowest BCUT2D eigenvalue weighted by Crippen LogP contribution is -2.49. The summed E-state index contributed by atoms with van der Waals surface area (Å²) in [5.41, 5.74) is 3.81. The highest BCUT2D eigenvalue weighted by atomic mass is 16.7. The van der Waals surface area contributed by atoms with Gasteiger partial charge >= 0.3 is 11.9 Å². The van der Waals surface area contributed by atoms with Gasteiger partial charge < -0.3 is 34.1 Å². The predicted molar refractivity (Wildman–Crippen MR) is 193 cm³/mol. The number of carboxylic acid groups (broad SMARTS) is 1. The summed E-state index contributed by atoms with van der Waals surface area (Å²) in [5.74, 6) is -1.87. The summed E-state index contributed by atoms with van der Waals surface area (Å²) in [7, 11) is 1.59. The number of rotatable bonds is 22. The summed E-state index contributed by atoms with van der Waals surface area (Å²) in [4.78, 5) is 37.8. The van der Waals surface area contributed by atoms with Crippen molar-refractivity contribution < 1.29 is 43.2 Å². The van der Waals surface area contributed by atoms with Crippen molar-refractivity contribution in [1.29, 1.82) is 0 Å². The largest absolute Gasteiger partial charge is 0.479 e. The number of nitrogens with one attached hydrogen (secondary N) is 1. The molecule has 50 heavy (non-hydrogen) atoms. The van der Waals surface area contributed by atoms with Crippen LogP contribution in [-0.4, -0.2) is 74.4 Å². The fourth-order valence-corrected chi connectivity index (χ4v) is 5.80. The van der Waals surface area contributed by atoms with Crippen molar-refractivity contribution in [3.63, 3.8) is 0 Å². The average molecular weight is 694 g/mol. The van der Waals surface area contributed by atoms with Crippen molar-refractivity contribution in [3.05, 3.63) is 76.9 Å². The van der Waals surface area contributed by atoms with Crippen LogP contribution in [-0.2, 0) is 46.2 Å². The molecule has 3 aromatic carbocycles. The Morgan fingerprint density at radius 3 is 2.10 bits per heavy atom. The predicted octanol–water partition coefficient (Wildman–Crippen LogP) is 6.88. The van der Waals surface area contributed by atoms with Gasteiger partial charge in [-0.3, -0.25) is 4.79 Å². The lowest BCUT2D eigenvalue weighted by atomic mass is 10.0. The van der Waals surface area contributed by atoms with E-state index in [1.165, 1.54) is 21.9 Å². The maximum atomic E-state index is 13.3. The van der Waals surface area contributed by atoms with Crippen LogP contribution in [0.2, 0.25) is 0 Å². The number of benzene rings is 3. The van der Waals surface area contributed by atoms with E-state index < -0.39 is 42.3 Å². The van der Waals surface area contributed by atoms with Gasteiger partial charge in [-0.2, -0.15) is 0 Å². The Balaban J connectivity index is 1.50. The van der Waals surface area contributed by atoms with Crippen LogP contribution in [0, 0.1) is 13.8 Å². The summed E-state index contributed by atoms with van der Waals surface area (Å²) >= 11 is 0. The highest BCUT2D eigenvalue weighted by Gasteiger charge is 2.36. The molecule has 10 heteroatoms. The Hall–Kier alpha value is -3.99. The van der Waals surface area contributed by atoms with E-state index in [9.17, 15) is 19.5 Å². The lowest BCUT2D eigenvalue weighted by Gasteiger charge is -2.25. The summed E-state index contributed by atoms with van der Waals surface area (Å²) < 4.78 is 27.3. The third-order valence-electron chi connectivity index (χ3n) is 8.08. The molecule has 0 saturated heterocycles. The Morgan fingerprint density at radius 2 is 1.44 bits per heavy atom. The number of esters is 1. The van der Waals surface area contributed by atoms with Crippen molar-refractivity contribution in [2.75, 3.05) is 33.7 Å². The first-order valence-electron chi connectivity index (χ1n) is 17.5. The van der Waals surface area contributed by atoms with E-state index in [-0.39, 0.29) is 13.4 Å². The van der Waals surface area contributed by atoms with Gasteiger partial charge in [0.15, 0.2) is 19.0 Å². The molecular weight excluding hydrogens is 638 g/mol. The maximum Gasteiger partial charge on any atom is 0.336 e. The Morgan fingerprint density at radius 1 is 0.780 bits per heavy atom. The number of carbonyl (C=O) groups excluding carboxylic acids is 2. The van der Waals surface area contributed by atoms with Crippen LogP contribution in [0.4, 0.5) is 0 Å². The van der Waals surface area contributed by atoms with Crippen molar-refractivity contribution in [2.45, 2.75) is 104 Å². The van der Waals surface area contributed by atoms with Gasteiger partial charge in [0.1, 0.15) is 18.0 Å².